The summed E-state index contributed by atoms with van der Waals surface area (Å²) in [5.74, 6) is 0.269. The van der Waals surface area contributed by atoms with Crippen LogP contribution in [0.3, 0.4) is 0 Å². The van der Waals surface area contributed by atoms with Gasteiger partial charge in [-0.25, -0.2) is 4.98 Å². The van der Waals surface area contributed by atoms with Crippen LogP contribution in [0.25, 0.3) is 0 Å². The van der Waals surface area contributed by atoms with Gasteiger partial charge in [-0.2, -0.15) is 0 Å². The van der Waals surface area contributed by atoms with Crippen LogP contribution in [0.1, 0.15) is 5.69 Å². The third-order valence-corrected chi connectivity index (χ3v) is 1.79. The minimum Gasteiger partial charge on any atom is -0.481 e. The normalized spacial score (nSPS) is 9.73. The third-order valence-electron chi connectivity index (χ3n) is 1.79. The van der Waals surface area contributed by atoms with E-state index in [2.05, 4.69) is 15.0 Å². The SMILES string of the molecule is COC(=O)CNCc1cccc(OC)n1. The highest BCUT2D eigenvalue weighted by Gasteiger charge is 2.00. The second-order valence-corrected chi connectivity index (χ2v) is 2.85. The molecule has 0 fully saturated rings. The Labute approximate surface area is 88.4 Å². The molecule has 1 N–H and O–H groups in total. The number of methoxy groups -OCH3 is 2. The van der Waals surface area contributed by atoms with Crippen LogP contribution in [0, 0.1) is 0 Å². The fourth-order valence-corrected chi connectivity index (χ4v) is 1.03. The summed E-state index contributed by atoms with van der Waals surface area (Å²) >= 11 is 0. The van der Waals surface area contributed by atoms with E-state index in [9.17, 15) is 4.79 Å². The first kappa shape index (κ1) is 11.5. The van der Waals surface area contributed by atoms with Gasteiger partial charge in [0.2, 0.25) is 5.88 Å². The lowest BCUT2D eigenvalue weighted by Crippen LogP contribution is -2.23. The predicted octanol–water partition coefficient (Wildman–Crippen LogP) is 0.353. The quantitative estimate of drug-likeness (QED) is 0.711. The van der Waals surface area contributed by atoms with Crippen molar-refractivity contribution in [1.82, 2.24) is 10.3 Å². The minimum absolute atomic E-state index is 0.176. The molecule has 0 bridgehead atoms. The number of ether oxygens (including phenoxy) is 2. The summed E-state index contributed by atoms with van der Waals surface area (Å²) in [7, 11) is 2.92. The van der Waals surface area contributed by atoms with Crippen LogP contribution in [-0.2, 0) is 16.1 Å². The van der Waals surface area contributed by atoms with Gasteiger partial charge in [0.1, 0.15) is 0 Å². The lowest BCUT2D eigenvalue weighted by Gasteiger charge is -2.04. The Morgan fingerprint density at radius 2 is 2.27 bits per heavy atom. The molecular weight excluding hydrogens is 196 g/mol. The molecule has 0 amide bonds. The summed E-state index contributed by atoms with van der Waals surface area (Å²) < 4.78 is 9.46. The van der Waals surface area contributed by atoms with Crippen LogP contribution < -0.4 is 10.1 Å². The van der Waals surface area contributed by atoms with Crippen LogP contribution in [0.2, 0.25) is 0 Å². The summed E-state index contributed by atoms with van der Waals surface area (Å²) in [6, 6.07) is 5.47. The maximum Gasteiger partial charge on any atom is 0.319 e. The lowest BCUT2D eigenvalue weighted by atomic mass is 10.3. The number of nitrogens with zero attached hydrogens (tertiary/aromatic N) is 1. The molecule has 0 aromatic carbocycles. The van der Waals surface area contributed by atoms with Crippen LogP contribution >= 0.6 is 0 Å². The van der Waals surface area contributed by atoms with E-state index in [0.717, 1.165) is 5.69 Å². The van der Waals surface area contributed by atoms with Crippen LogP contribution in [-0.4, -0.2) is 31.7 Å². The van der Waals surface area contributed by atoms with Crippen molar-refractivity contribution in [2.24, 2.45) is 0 Å². The molecule has 1 rings (SSSR count). The first-order valence-electron chi connectivity index (χ1n) is 4.53. The van der Waals surface area contributed by atoms with Gasteiger partial charge in [-0.15, -0.1) is 0 Å². The van der Waals surface area contributed by atoms with Crippen molar-refractivity contribution in [2.75, 3.05) is 20.8 Å². The Hall–Kier alpha value is -1.62. The number of rotatable bonds is 5. The van der Waals surface area contributed by atoms with Gasteiger partial charge in [-0.1, -0.05) is 6.07 Å². The highest BCUT2D eigenvalue weighted by molar-refractivity contribution is 5.71. The second kappa shape index (κ2) is 5.98. The zero-order valence-corrected chi connectivity index (χ0v) is 8.82. The minimum atomic E-state index is -0.294. The first-order valence-corrected chi connectivity index (χ1v) is 4.53. The first-order chi connectivity index (χ1) is 7.26. The van der Waals surface area contributed by atoms with E-state index in [4.69, 9.17) is 4.74 Å². The molecule has 0 aliphatic rings. The van der Waals surface area contributed by atoms with Gasteiger partial charge in [-0.05, 0) is 6.07 Å². The molecular formula is C10H14N2O3. The average molecular weight is 210 g/mol. The number of esters is 1. The molecule has 0 aliphatic heterocycles. The number of pyridine rings is 1. The topological polar surface area (TPSA) is 60.5 Å². The van der Waals surface area contributed by atoms with E-state index in [0.29, 0.717) is 12.4 Å². The Morgan fingerprint density at radius 1 is 1.47 bits per heavy atom. The van der Waals surface area contributed by atoms with E-state index < -0.39 is 0 Å². The van der Waals surface area contributed by atoms with E-state index in [1.54, 1.807) is 13.2 Å². The number of hydrogen-bond acceptors (Lipinski definition) is 5. The number of nitrogens with one attached hydrogen (secondary N) is 1. The van der Waals surface area contributed by atoms with E-state index in [1.807, 2.05) is 12.1 Å². The monoisotopic (exact) mass is 210 g/mol. The molecule has 1 aromatic rings. The second-order valence-electron chi connectivity index (χ2n) is 2.85. The van der Waals surface area contributed by atoms with Gasteiger partial charge >= 0.3 is 5.97 Å². The van der Waals surface area contributed by atoms with Crippen LogP contribution in [0.15, 0.2) is 18.2 Å². The highest BCUT2D eigenvalue weighted by Crippen LogP contribution is 2.05. The fraction of sp³-hybridized carbons (Fsp3) is 0.400. The number of hydrogen-bond donors (Lipinski definition) is 1. The van der Waals surface area contributed by atoms with Crippen molar-refractivity contribution in [1.29, 1.82) is 0 Å². The molecule has 0 saturated carbocycles. The van der Waals surface area contributed by atoms with Crippen LogP contribution in [0.5, 0.6) is 5.88 Å². The van der Waals surface area contributed by atoms with Gasteiger partial charge in [-0.3, -0.25) is 4.79 Å². The van der Waals surface area contributed by atoms with Crippen molar-refractivity contribution in [2.45, 2.75) is 6.54 Å². The molecule has 0 saturated heterocycles. The molecule has 1 heterocycles. The zero-order chi connectivity index (χ0) is 11.1. The van der Waals surface area contributed by atoms with Gasteiger partial charge in [0.05, 0.1) is 26.5 Å². The summed E-state index contributed by atoms with van der Waals surface area (Å²) in [5, 5.41) is 2.91. The smallest absolute Gasteiger partial charge is 0.319 e. The van der Waals surface area contributed by atoms with Crippen molar-refractivity contribution in [3.63, 3.8) is 0 Å². The fourth-order valence-electron chi connectivity index (χ4n) is 1.03. The molecule has 0 atom stereocenters. The van der Waals surface area contributed by atoms with Gasteiger partial charge in [0, 0.05) is 12.6 Å². The molecule has 5 heteroatoms. The van der Waals surface area contributed by atoms with Gasteiger partial charge in [0.25, 0.3) is 0 Å². The van der Waals surface area contributed by atoms with E-state index in [-0.39, 0.29) is 12.5 Å². The maximum atomic E-state index is 10.8. The molecule has 15 heavy (non-hydrogen) atoms. The highest BCUT2D eigenvalue weighted by atomic mass is 16.5. The third kappa shape index (κ3) is 3.95. The van der Waals surface area contributed by atoms with Crippen molar-refractivity contribution in [3.05, 3.63) is 23.9 Å². The summed E-state index contributed by atoms with van der Waals surface area (Å²) in [6.45, 7) is 0.682. The Kier molecular flexibility index (Phi) is 4.56. The number of aromatic nitrogens is 1. The number of carbonyl (C=O) groups excluding carboxylic acids is 1. The molecule has 0 aliphatic carbocycles. The summed E-state index contributed by atoms with van der Waals surface area (Å²) in [4.78, 5) is 15.0. The largest absolute Gasteiger partial charge is 0.481 e. The van der Waals surface area contributed by atoms with Gasteiger partial charge < -0.3 is 14.8 Å². The van der Waals surface area contributed by atoms with Crippen molar-refractivity contribution < 1.29 is 14.3 Å². The molecule has 0 radical (unpaired) electrons. The number of carbonyl (C=O) groups is 1. The van der Waals surface area contributed by atoms with Gasteiger partial charge in [0.15, 0.2) is 0 Å². The zero-order valence-electron chi connectivity index (χ0n) is 8.82. The lowest BCUT2D eigenvalue weighted by molar-refractivity contribution is -0.139. The standard InChI is InChI=1S/C10H14N2O3/c1-14-9-5-3-4-8(12-9)6-11-7-10(13)15-2/h3-5,11H,6-7H2,1-2H3. The van der Waals surface area contributed by atoms with E-state index >= 15 is 0 Å². The molecule has 0 spiro atoms. The van der Waals surface area contributed by atoms with Crippen molar-refractivity contribution in [3.8, 4) is 5.88 Å². The molecule has 1 aromatic heterocycles. The Bertz CT molecular complexity index is 328. The summed E-state index contributed by atoms with van der Waals surface area (Å²) in [6.07, 6.45) is 0. The molecule has 82 valence electrons. The average Bonchev–Trinajstić information content (AvgIpc) is 2.29. The summed E-state index contributed by atoms with van der Waals surface area (Å²) in [5.41, 5.74) is 0.818. The maximum absolute atomic E-state index is 10.8. The molecule has 0 unspecified atom stereocenters. The van der Waals surface area contributed by atoms with Crippen LogP contribution in [0.4, 0.5) is 0 Å². The Morgan fingerprint density at radius 3 is 2.93 bits per heavy atom. The predicted molar refractivity (Wildman–Crippen MR) is 54.5 cm³/mol. The Balaban J connectivity index is 2.40. The van der Waals surface area contributed by atoms with Crippen molar-refractivity contribution >= 4 is 5.97 Å². The van der Waals surface area contributed by atoms with E-state index in [1.165, 1.54) is 7.11 Å². The molecule has 5 nitrogen and oxygen atoms in total.